The standard InChI is InChI=1S/C18H28N2O/c1-2-13-21-18-11-4-3-8-17(18)20-16-9-5-7-14(16)15-10-6-12-19-15/h3-4,8,11,14-16,19-20H,2,5-7,9-10,12-13H2,1H3. The Labute approximate surface area is 128 Å². The van der Waals surface area contributed by atoms with Gasteiger partial charge in [0, 0.05) is 12.1 Å². The Morgan fingerprint density at radius 2 is 2.10 bits per heavy atom. The molecule has 3 nitrogen and oxygen atoms in total. The summed E-state index contributed by atoms with van der Waals surface area (Å²) in [6.45, 7) is 4.13. The zero-order chi connectivity index (χ0) is 14.5. The van der Waals surface area contributed by atoms with Gasteiger partial charge in [0.15, 0.2) is 0 Å². The monoisotopic (exact) mass is 288 g/mol. The van der Waals surface area contributed by atoms with E-state index < -0.39 is 0 Å². The highest BCUT2D eigenvalue weighted by Gasteiger charge is 2.35. The molecule has 2 aliphatic rings. The first-order chi connectivity index (χ1) is 10.4. The van der Waals surface area contributed by atoms with Crippen molar-refractivity contribution in [3.8, 4) is 5.75 Å². The van der Waals surface area contributed by atoms with Crippen LogP contribution < -0.4 is 15.4 Å². The topological polar surface area (TPSA) is 33.3 Å². The van der Waals surface area contributed by atoms with E-state index in [0.717, 1.165) is 24.7 Å². The fourth-order valence-corrected chi connectivity index (χ4v) is 3.85. The zero-order valence-electron chi connectivity index (χ0n) is 13.1. The number of hydrogen-bond donors (Lipinski definition) is 2. The molecule has 3 atom stereocenters. The fourth-order valence-electron chi connectivity index (χ4n) is 3.85. The molecule has 0 spiro atoms. The van der Waals surface area contributed by atoms with Crippen LogP contribution in [0.3, 0.4) is 0 Å². The molecule has 1 aromatic carbocycles. The van der Waals surface area contributed by atoms with Gasteiger partial charge in [-0.2, -0.15) is 0 Å². The van der Waals surface area contributed by atoms with E-state index >= 15 is 0 Å². The van der Waals surface area contributed by atoms with Gasteiger partial charge < -0.3 is 15.4 Å². The highest BCUT2D eigenvalue weighted by Crippen LogP contribution is 2.35. The van der Waals surface area contributed by atoms with Crippen molar-refractivity contribution in [3.63, 3.8) is 0 Å². The molecule has 0 bridgehead atoms. The number of nitrogens with one attached hydrogen (secondary N) is 2. The van der Waals surface area contributed by atoms with Crippen molar-refractivity contribution in [2.45, 2.75) is 57.5 Å². The Bertz CT molecular complexity index is 443. The average molecular weight is 288 g/mol. The molecule has 3 rings (SSSR count). The van der Waals surface area contributed by atoms with Gasteiger partial charge in [-0.15, -0.1) is 0 Å². The van der Waals surface area contributed by atoms with Crippen molar-refractivity contribution in [3.05, 3.63) is 24.3 Å². The quantitative estimate of drug-likeness (QED) is 0.835. The minimum atomic E-state index is 0.590. The lowest BCUT2D eigenvalue weighted by atomic mass is 9.93. The third-order valence-corrected chi connectivity index (χ3v) is 4.87. The Balaban J connectivity index is 1.67. The Morgan fingerprint density at radius 3 is 2.90 bits per heavy atom. The summed E-state index contributed by atoms with van der Waals surface area (Å²) in [6.07, 6.45) is 7.71. The zero-order valence-corrected chi connectivity index (χ0v) is 13.1. The molecule has 1 saturated carbocycles. The molecule has 2 N–H and O–H groups in total. The van der Waals surface area contributed by atoms with Crippen molar-refractivity contribution in [1.29, 1.82) is 0 Å². The van der Waals surface area contributed by atoms with Crippen molar-refractivity contribution >= 4 is 5.69 Å². The van der Waals surface area contributed by atoms with Gasteiger partial charge >= 0.3 is 0 Å². The van der Waals surface area contributed by atoms with Crippen LogP contribution in [0.2, 0.25) is 0 Å². The summed E-state index contributed by atoms with van der Waals surface area (Å²) in [4.78, 5) is 0. The lowest BCUT2D eigenvalue weighted by Crippen LogP contribution is -2.38. The summed E-state index contributed by atoms with van der Waals surface area (Å²) in [5.41, 5.74) is 1.17. The van der Waals surface area contributed by atoms with Crippen molar-refractivity contribution in [1.82, 2.24) is 5.32 Å². The van der Waals surface area contributed by atoms with E-state index in [4.69, 9.17) is 4.74 Å². The fraction of sp³-hybridized carbons (Fsp3) is 0.667. The maximum absolute atomic E-state index is 5.88. The Hall–Kier alpha value is -1.22. The van der Waals surface area contributed by atoms with Gasteiger partial charge in [0.25, 0.3) is 0 Å². The van der Waals surface area contributed by atoms with Crippen LogP contribution in [0.5, 0.6) is 5.75 Å². The lowest BCUT2D eigenvalue weighted by molar-refractivity contribution is 0.317. The lowest BCUT2D eigenvalue weighted by Gasteiger charge is -2.28. The maximum Gasteiger partial charge on any atom is 0.142 e. The summed E-state index contributed by atoms with van der Waals surface area (Å²) in [5, 5.41) is 7.47. The van der Waals surface area contributed by atoms with Crippen LogP contribution in [0.4, 0.5) is 5.69 Å². The van der Waals surface area contributed by atoms with E-state index in [-0.39, 0.29) is 0 Å². The van der Waals surface area contributed by atoms with Gasteiger partial charge in [0.05, 0.1) is 12.3 Å². The first-order valence-corrected chi connectivity index (χ1v) is 8.60. The van der Waals surface area contributed by atoms with Crippen LogP contribution in [0, 0.1) is 5.92 Å². The van der Waals surface area contributed by atoms with Gasteiger partial charge in [-0.05, 0) is 56.7 Å². The van der Waals surface area contributed by atoms with Crippen molar-refractivity contribution < 1.29 is 4.74 Å². The molecule has 21 heavy (non-hydrogen) atoms. The van der Waals surface area contributed by atoms with Gasteiger partial charge in [-0.1, -0.05) is 25.5 Å². The Morgan fingerprint density at radius 1 is 1.19 bits per heavy atom. The molecule has 1 aliphatic carbocycles. The molecule has 3 heteroatoms. The van der Waals surface area contributed by atoms with E-state index in [2.05, 4.69) is 41.8 Å². The normalized spacial score (nSPS) is 28.7. The number of benzene rings is 1. The molecule has 1 heterocycles. The van der Waals surface area contributed by atoms with Crippen LogP contribution in [-0.4, -0.2) is 25.2 Å². The minimum absolute atomic E-state index is 0.590. The van der Waals surface area contributed by atoms with Crippen molar-refractivity contribution in [2.24, 2.45) is 5.92 Å². The molecule has 0 amide bonds. The molecule has 1 aromatic rings. The van der Waals surface area contributed by atoms with E-state index in [1.54, 1.807) is 0 Å². The van der Waals surface area contributed by atoms with E-state index in [1.807, 2.05) is 0 Å². The number of para-hydroxylation sites is 2. The molecule has 3 unspecified atom stereocenters. The Kier molecular flexibility index (Phi) is 5.02. The van der Waals surface area contributed by atoms with Gasteiger partial charge in [-0.3, -0.25) is 0 Å². The molecule has 1 saturated heterocycles. The molecule has 0 aromatic heterocycles. The number of anilines is 1. The van der Waals surface area contributed by atoms with E-state index in [9.17, 15) is 0 Å². The summed E-state index contributed by atoms with van der Waals surface area (Å²) in [7, 11) is 0. The highest BCUT2D eigenvalue weighted by atomic mass is 16.5. The third kappa shape index (κ3) is 3.52. The number of ether oxygens (including phenoxy) is 1. The van der Waals surface area contributed by atoms with Crippen LogP contribution in [0.25, 0.3) is 0 Å². The number of hydrogen-bond acceptors (Lipinski definition) is 3. The van der Waals surface area contributed by atoms with Crippen LogP contribution in [0.1, 0.15) is 45.4 Å². The van der Waals surface area contributed by atoms with Gasteiger partial charge in [0.1, 0.15) is 5.75 Å². The SMILES string of the molecule is CCCOc1ccccc1NC1CCCC1C1CCCN1. The summed E-state index contributed by atoms with van der Waals surface area (Å²) in [6, 6.07) is 9.69. The second-order valence-electron chi connectivity index (χ2n) is 6.39. The first-order valence-electron chi connectivity index (χ1n) is 8.60. The smallest absolute Gasteiger partial charge is 0.142 e. The molecular formula is C18H28N2O. The highest BCUT2D eigenvalue weighted by molar-refractivity contribution is 5.57. The summed E-state index contributed by atoms with van der Waals surface area (Å²) >= 11 is 0. The van der Waals surface area contributed by atoms with Crippen LogP contribution in [0.15, 0.2) is 24.3 Å². The summed E-state index contributed by atoms with van der Waals surface area (Å²) < 4.78 is 5.88. The molecule has 2 fully saturated rings. The van der Waals surface area contributed by atoms with Gasteiger partial charge in [-0.25, -0.2) is 0 Å². The third-order valence-electron chi connectivity index (χ3n) is 4.87. The van der Waals surface area contributed by atoms with E-state index in [0.29, 0.717) is 12.1 Å². The van der Waals surface area contributed by atoms with Crippen LogP contribution in [-0.2, 0) is 0 Å². The van der Waals surface area contributed by atoms with E-state index in [1.165, 1.54) is 44.3 Å². The maximum atomic E-state index is 5.88. The average Bonchev–Trinajstić information content (AvgIpc) is 3.17. The second-order valence-corrected chi connectivity index (χ2v) is 6.39. The van der Waals surface area contributed by atoms with Crippen molar-refractivity contribution in [2.75, 3.05) is 18.5 Å². The molecule has 116 valence electrons. The minimum Gasteiger partial charge on any atom is -0.491 e. The van der Waals surface area contributed by atoms with Gasteiger partial charge in [0.2, 0.25) is 0 Å². The predicted octanol–water partition coefficient (Wildman–Crippen LogP) is 3.81. The van der Waals surface area contributed by atoms with Crippen LogP contribution >= 0.6 is 0 Å². The first kappa shape index (κ1) is 14.7. The summed E-state index contributed by atoms with van der Waals surface area (Å²) in [5.74, 6) is 1.77. The molecule has 1 aliphatic heterocycles. The molecular weight excluding hydrogens is 260 g/mol. The second kappa shape index (κ2) is 7.17. The largest absolute Gasteiger partial charge is 0.491 e. The molecule has 0 radical (unpaired) electrons. The number of rotatable bonds is 6. The predicted molar refractivity (Wildman–Crippen MR) is 88.0 cm³/mol.